The van der Waals surface area contributed by atoms with Crippen molar-refractivity contribution in [3.63, 3.8) is 0 Å². The van der Waals surface area contributed by atoms with Gasteiger partial charge in [-0.1, -0.05) is 60.7 Å². The fourth-order valence-electron chi connectivity index (χ4n) is 6.40. The average Bonchev–Trinajstić information content (AvgIpc) is 3.52. The number of thiophene rings is 1. The number of thioether (sulfide) groups is 1. The zero-order valence-electron chi connectivity index (χ0n) is 28.5. The van der Waals surface area contributed by atoms with E-state index in [0.717, 1.165) is 38.2 Å². The standard InChI is InChI=1S/C36H42N5O8PS2/c1-22(42)39-29(17-26-19-52-32-12-5-4-10-27(26)32)34(44)40-30(20-51-21-50(47,48)49)36(46)41-15-7-6-11-31(41)35(45)38-18-28(33(37)43)25-14-13-23-8-2-3-9-24(23)16-25/h2-5,8-10,12-14,16,19,28-31H,6-7,11,15,17-18,20-21H2,1H3,(H2,37,43)(H,38,45)(H,39,42)(H,40,44)(H2,47,48,49). The van der Waals surface area contributed by atoms with E-state index in [4.69, 9.17) is 5.73 Å². The Morgan fingerprint density at radius 1 is 0.981 bits per heavy atom. The van der Waals surface area contributed by atoms with Crippen molar-refractivity contribution in [1.82, 2.24) is 20.9 Å². The number of likely N-dealkylation sites (tertiary alicyclic amines) is 1. The van der Waals surface area contributed by atoms with E-state index < -0.39 is 66.7 Å². The first-order chi connectivity index (χ1) is 24.8. The van der Waals surface area contributed by atoms with Crippen molar-refractivity contribution in [2.24, 2.45) is 5.73 Å². The van der Waals surface area contributed by atoms with E-state index in [2.05, 4.69) is 16.0 Å². The molecular weight excluding hydrogens is 726 g/mol. The first kappa shape index (κ1) is 38.9. The smallest absolute Gasteiger partial charge is 0.335 e. The largest absolute Gasteiger partial charge is 0.369 e. The normalized spacial score (nSPS) is 16.5. The van der Waals surface area contributed by atoms with Gasteiger partial charge in [0.2, 0.25) is 29.5 Å². The molecule has 4 unspecified atom stereocenters. The zero-order valence-corrected chi connectivity index (χ0v) is 31.1. The third kappa shape index (κ3) is 10.2. The van der Waals surface area contributed by atoms with E-state index in [1.54, 1.807) is 6.07 Å². The lowest BCUT2D eigenvalue weighted by Crippen LogP contribution is -2.60. The fraction of sp³-hybridized carbons (Fsp3) is 0.361. The lowest BCUT2D eigenvalue weighted by molar-refractivity contribution is -0.144. The Morgan fingerprint density at radius 3 is 2.44 bits per heavy atom. The van der Waals surface area contributed by atoms with Crippen molar-refractivity contribution in [1.29, 1.82) is 0 Å². The number of hydrogen-bond acceptors (Lipinski definition) is 8. The SMILES string of the molecule is CC(=O)NC(Cc1csc2ccccc12)C(=O)NC(CSCP(=O)(O)O)C(=O)N1CCCCC1C(=O)NCC(C(N)=O)c1ccc2ccccc2c1. The summed E-state index contributed by atoms with van der Waals surface area (Å²) >= 11 is 2.30. The first-order valence-electron chi connectivity index (χ1n) is 16.8. The Hall–Kier alpha value is -4.27. The topological polar surface area (TPSA) is 208 Å². The number of piperidine rings is 1. The number of benzene rings is 3. The predicted molar refractivity (Wildman–Crippen MR) is 203 cm³/mol. The molecule has 0 bridgehead atoms. The van der Waals surface area contributed by atoms with Crippen molar-refractivity contribution in [3.05, 3.63) is 83.2 Å². The van der Waals surface area contributed by atoms with Crippen LogP contribution in [0.3, 0.4) is 0 Å². The Labute approximate surface area is 309 Å². The molecule has 1 saturated heterocycles. The second-order valence-corrected chi connectivity index (χ2v) is 16.8. The van der Waals surface area contributed by atoms with Crippen molar-refractivity contribution in [2.45, 2.75) is 56.7 Å². The van der Waals surface area contributed by atoms with Crippen molar-refractivity contribution in [3.8, 4) is 0 Å². The van der Waals surface area contributed by atoms with Gasteiger partial charge in [0.05, 0.1) is 11.4 Å². The summed E-state index contributed by atoms with van der Waals surface area (Å²) in [5.41, 5.74) is 6.64. The molecule has 13 nitrogen and oxygen atoms in total. The lowest BCUT2D eigenvalue weighted by Gasteiger charge is -2.37. The highest BCUT2D eigenvalue weighted by Gasteiger charge is 2.37. The van der Waals surface area contributed by atoms with E-state index in [9.17, 15) is 38.3 Å². The third-order valence-electron chi connectivity index (χ3n) is 8.93. The van der Waals surface area contributed by atoms with Gasteiger partial charge in [0.25, 0.3) is 0 Å². The summed E-state index contributed by atoms with van der Waals surface area (Å²) in [5, 5.41) is 12.9. The van der Waals surface area contributed by atoms with Gasteiger partial charge >= 0.3 is 7.60 Å². The number of amides is 5. The van der Waals surface area contributed by atoms with Crippen LogP contribution in [0.15, 0.2) is 72.1 Å². The van der Waals surface area contributed by atoms with E-state index in [-0.39, 0.29) is 25.3 Å². The van der Waals surface area contributed by atoms with E-state index in [1.165, 1.54) is 23.2 Å². The highest BCUT2D eigenvalue weighted by Crippen LogP contribution is 2.39. The third-order valence-corrected chi connectivity index (χ3v) is 12.6. The minimum absolute atomic E-state index is 0.0982. The maximum Gasteiger partial charge on any atom is 0.335 e. The number of carbonyl (C=O) groups excluding carboxylic acids is 5. The van der Waals surface area contributed by atoms with Crippen LogP contribution in [0.4, 0.5) is 0 Å². The van der Waals surface area contributed by atoms with Crippen molar-refractivity contribution < 1.29 is 38.3 Å². The van der Waals surface area contributed by atoms with E-state index >= 15 is 0 Å². The summed E-state index contributed by atoms with van der Waals surface area (Å²) in [4.78, 5) is 86.7. The van der Waals surface area contributed by atoms with Crippen LogP contribution in [-0.2, 0) is 35.0 Å². The van der Waals surface area contributed by atoms with Gasteiger partial charge in [-0.3, -0.25) is 28.5 Å². The molecule has 1 aliphatic rings. The van der Waals surface area contributed by atoms with Crippen LogP contribution in [0.2, 0.25) is 0 Å². The number of nitrogens with two attached hydrogens (primary N) is 1. The molecule has 0 aliphatic carbocycles. The first-order valence-corrected chi connectivity index (χ1v) is 20.6. The molecule has 4 atom stereocenters. The minimum atomic E-state index is -4.44. The number of carbonyl (C=O) groups is 5. The molecule has 276 valence electrons. The molecule has 2 heterocycles. The summed E-state index contributed by atoms with van der Waals surface area (Å²) < 4.78 is 12.7. The van der Waals surface area contributed by atoms with Gasteiger partial charge in [-0.15, -0.1) is 23.1 Å². The predicted octanol–water partition coefficient (Wildman–Crippen LogP) is 3.22. The van der Waals surface area contributed by atoms with Crippen LogP contribution in [0.5, 0.6) is 0 Å². The van der Waals surface area contributed by atoms with Gasteiger partial charge in [-0.2, -0.15) is 0 Å². The second-order valence-electron chi connectivity index (χ2n) is 12.8. The maximum atomic E-state index is 14.2. The van der Waals surface area contributed by atoms with Gasteiger partial charge in [-0.25, -0.2) is 0 Å². The summed E-state index contributed by atoms with van der Waals surface area (Å²) in [6.07, 6.45) is 1.70. The zero-order chi connectivity index (χ0) is 37.4. The van der Waals surface area contributed by atoms with Crippen LogP contribution in [0.1, 0.15) is 43.2 Å². The van der Waals surface area contributed by atoms with Gasteiger partial charge in [0.15, 0.2) is 0 Å². The molecule has 52 heavy (non-hydrogen) atoms. The minimum Gasteiger partial charge on any atom is -0.369 e. The number of rotatable bonds is 15. The molecule has 0 radical (unpaired) electrons. The van der Waals surface area contributed by atoms with Crippen LogP contribution >= 0.6 is 30.7 Å². The summed E-state index contributed by atoms with van der Waals surface area (Å²) in [5.74, 6) is -3.85. The van der Waals surface area contributed by atoms with Gasteiger partial charge < -0.3 is 36.4 Å². The molecule has 0 spiro atoms. The molecule has 4 aromatic rings. The molecule has 1 fully saturated rings. The van der Waals surface area contributed by atoms with Crippen molar-refractivity contribution >= 4 is 81.1 Å². The molecule has 1 aliphatic heterocycles. The molecular formula is C36H42N5O8PS2. The average molecular weight is 768 g/mol. The number of fused-ring (bicyclic) bond motifs is 2. The monoisotopic (exact) mass is 767 g/mol. The number of hydrogen-bond donors (Lipinski definition) is 6. The summed E-state index contributed by atoms with van der Waals surface area (Å²) in [7, 11) is -4.44. The van der Waals surface area contributed by atoms with Crippen molar-refractivity contribution in [2.75, 3.05) is 24.3 Å². The molecule has 5 amide bonds. The Kier molecular flexibility index (Phi) is 13.1. The van der Waals surface area contributed by atoms with Crippen LogP contribution < -0.4 is 21.7 Å². The summed E-state index contributed by atoms with van der Waals surface area (Å²) in [6, 6.07) is 17.6. The molecule has 16 heteroatoms. The van der Waals surface area contributed by atoms with Crippen LogP contribution in [0.25, 0.3) is 20.9 Å². The fourth-order valence-corrected chi connectivity index (χ4v) is 9.21. The molecule has 3 aromatic carbocycles. The lowest BCUT2D eigenvalue weighted by atomic mass is 9.95. The van der Waals surface area contributed by atoms with E-state index in [1.807, 2.05) is 66.0 Å². The van der Waals surface area contributed by atoms with Crippen LogP contribution in [0, 0.1) is 0 Å². The van der Waals surface area contributed by atoms with E-state index in [0.29, 0.717) is 24.8 Å². The molecule has 7 N–H and O–H groups in total. The number of nitrogens with one attached hydrogen (secondary N) is 3. The molecule has 5 rings (SSSR count). The maximum absolute atomic E-state index is 14.2. The highest BCUT2D eigenvalue weighted by molar-refractivity contribution is 8.04. The van der Waals surface area contributed by atoms with Gasteiger partial charge in [0, 0.05) is 36.9 Å². The Balaban J connectivity index is 1.33. The molecule has 0 saturated carbocycles. The quantitative estimate of drug-likeness (QED) is 0.0981. The Morgan fingerprint density at radius 2 is 1.71 bits per heavy atom. The number of primary amides is 1. The van der Waals surface area contributed by atoms with Crippen LogP contribution in [-0.4, -0.2) is 86.7 Å². The molecule has 1 aromatic heterocycles. The Bertz CT molecular complexity index is 2000. The summed E-state index contributed by atoms with van der Waals surface area (Å²) in [6.45, 7) is 1.38. The number of nitrogens with zero attached hydrogens (tertiary/aromatic N) is 1. The highest BCUT2D eigenvalue weighted by atomic mass is 32.2. The second kappa shape index (κ2) is 17.5. The van der Waals surface area contributed by atoms with Gasteiger partial charge in [-0.05, 0) is 58.0 Å². The van der Waals surface area contributed by atoms with Gasteiger partial charge in [0.1, 0.15) is 18.1 Å².